The Morgan fingerprint density at radius 2 is 1.85 bits per heavy atom. The minimum Gasteiger partial charge on any atom is -0.388 e. The molecule has 0 heterocycles. The summed E-state index contributed by atoms with van der Waals surface area (Å²) < 4.78 is 13.4. The minimum atomic E-state index is -0.853. The van der Waals surface area contributed by atoms with Crippen LogP contribution in [0.3, 0.4) is 0 Å². The molecule has 1 aromatic carbocycles. The molecule has 0 aliphatic carbocycles. The van der Waals surface area contributed by atoms with Gasteiger partial charge in [0.2, 0.25) is 5.91 Å². The van der Waals surface area contributed by atoms with E-state index in [1.807, 2.05) is 13.8 Å². The molecule has 1 rings (SSSR count). The molecule has 1 aromatic rings. The molecule has 2 N–H and O–H groups in total. The molecule has 0 fully saturated rings. The highest BCUT2D eigenvalue weighted by molar-refractivity contribution is 5.78. The van der Waals surface area contributed by atoms with Crippen molar-refractivity contribution < 1.29 is 14.3 Å². The highest BCUT2D eigenvalue weighted by atomic mass is 19.1. The van der Waals surface area contributed by atoms with Crippen molar-refractivity contribution in [2.24, 2.45) is 0 Å². The van der Waals surface area contributed by atoms with Crippen molar-refractivity contribution in [3.05, 3.63) is 35.6 Å². The number of benzene rings is 1. The number of carbonyl (C=O) groups excluding carboxylic acids is 1. The number of aliphatic hydroxyl groups is 1. The van der Waals surface area contributed by atoms with Crippen LogP contribution < -0.4 is 5.32 Å². The van der Waals surface area contributed by atoms with Crippen molar-refractivity contribution in [1.29, 1.82) is 0 Å². The molecule has 4 heteroatoms. The van der Waals surface area contributed by atoms with Crippen LogP contribution in [0.15, 0.2) is 24.3 Å². The van der Waals surface area contributed by atoms with Gasteiger partial charge in [0.25, 0.3) is 0 Å². The van der Waals surface area contributed by atoms with Gasteiger partial charge >= 0.3 is 0 Å². The first kappa shape index (κ1) is 16.6. The fourth-order valence-electron chi connectivity index (χ4n) is 2.37. The van der Waals surface area contributed by atoms with Crippen LogP contribution in [0.2, 0.25) is 0 Å². The second-order valence-electron chi connectivity index (χ2n) is 5.27. The van der Waals surface area contributed by atoms with E-state index in [4.69, 9.17) is 0 Å². The van der Waals surface area contributed by atoms with Crippen molar-refractivity contribution in [2.45, 2.75) is 51.6 Å². The summed E-state index contributed by atoms with van der Waals surface area (Å²) in [7, 11) is 0. The largest absolute Gasteiger partial charge is 0.388 e. The smallest absolute Gasteiger partial charge is 0.224 e. The summed E-state index contributed by atoms with van der Waals surface area (Å²) in [4.78, 5) is 11.8. The Hall–Kier alpha value is -1.42. The first-order valence-electron chi connectivity index (χ1n) is 7.23. The first-order chi connectivity index (χ1) is 9.50. The average Bonchev–Trinajstić information content (AvgIpc) is 2.40. The van der Waals surface area contributed by atoms with Crippen LogP contribution in [0, 0.1) is 5.82 Å². The Balaban J connectivity index is 2.52. The van der Waals surface area contributed by atoms with E-state index in [1.54, 1.807) is 18.2 Å². The van der Waals surface area contributed by atoms with Gasteiger partial charge in [-0.25, -0.2) is 4.39 Å². The quantitative estimate of drug-likeness (QED) is 0.770. The third kappa shape index (κ3) is 5.29. The molecule has 0 spiro atoms. The zero-order chi connectivity index (χ0) is 15.0. The van der Waals surface area contributed by atoms with Crippen molar-refractivity contribution in [3.63, 3.8) is 0 Å². The summed E-state index contributed by atoms with van der Waals surface area (Å²) in [5.41, 5.74) is -0.478. The highest BCUT2D eigenvalue weighted by Crippen LogP contribution is 2.18. The van der Waals surface area contributed by atoms with Gasteiger partial charge in [-0.05, 0) is 24.5 Å². The number of carbonyl (C=O) groups is 1. The van der Waals surface area contributed by atoms with E-state index in [1.165, 1.54) is 6.07 Å². The fraction of sp³-hybridized carbons (Fsp3) is 0.562. The van der Waals surface area contributed by atoms with Gasteiger partial charge in [-0.1, -0.05) is 44.9 Å². The van der Waals surface area contributed by atoms with Gasteiger partial charge in [0, 0.05) is 6.54 Å². The van der Waals surface area contributed by atoms with Crippen LogP contribution in [-0.2, 0) is 11.2 Å². The zero-order valence-corrected chi connectivity index (χ0v) is 12.3. The van der Waals surface area contributed by atoms with Crippen LogP contribution >= 0.6 is 0 Å². The molecule has 0 unspecified atom stereocenters. The van der Waals surface area contributed by atoms with E-state index in [-0.39, 0.29) is 24.7 Å². The van der Waals surface area contributed by atoms with Crippen molar-refractivity contribution >= 4 is 5.91 Å². The molecule has 0 aliphatic heterocycles. The van der Waals surface area contributed by atoms with E-state index in [9.17, 15) is 14.3 Å². The summed E-state index contributed by atoms with van der Waals surface area (Å²) in [6.07, 6.45) is 3.03. The summed E-state index contributed by atoms with van der Waals surface area (Å²) in [6, 6.07) is 6.24. The Labute approximate surface area is 120 Å². The second-order valence-corrected chi connectivity index (χ2v) is 5.27. The van der Waals surface area contributed by atoms with Crippen molar-refractivity contribution in [1.82, 2.24) is 5.32 Å². The SMILES string of the molecule is CCCC(O)(CCC)CNC(=O)Cc1ccccc1F. The number of nitrogens with one attached hydrogen (secondary N) is 1. The number of hydrogen-bond acceptors (Lipinski definition) is 2. The van der Waals surface area contributed by atoms with E-state index in [2.05, 4.69) is 5.32 Å². The van der Waals surface area contributed by atoms with Gasteiger partial charge in [0.15, 0.2) is 0 Å². The predicted molar refractivity (Wildman–Crippen MR) is 77.9 cm³/mol. The molecule has 0 saturated carbocycles. The van der Waals surface area contributed by atoms with E-state index in [0.717, 1.165) is 12.8 Å². The monoisotopic (exact) mass is 281 g/mol. The summed E-state index contributed by atoms with van der Waals surface area (Å²) in [5.74, 6) is -0.638. The molecule has 0 atom stereocenters. The Morgan fingerprint density at radius 3 is 2.40 bits per heavy atom. The van der Waals surface area contributed by atoms with Gasteiger partial charge < -0.3 is 10.4 Å². The van der Waals surface area contributed by atoms with E-state index < -0.39 is 5.60 Å². The third-order valence-electron chi connectivity index (χ3n) is 3.35. The van der Waals surface area contributed by atoms with Gasteiger partial charge in [-0.15, -0.1) is 0 Å². The molecular weight excluding hydrogens is 257 g/mol. The zero-order valence-electron chi connectivity index (χ0n) is 12.3. The van der Waals surface area contributed by atoms with Crippen LogP contribution in [0.5, 0.6) is 0 Å². The third-order valence-corrected chi connectivity index (χ3v) is 3.35. The molecule has 0 bridgehead atoms. The lowest BCUT2D eigenvalue weighted by molar-refractivity contribution is -0.122. The topological polar surface area (TPSA) is 49.3 Å². The number of halogens is 1. The fourth-order valence-corrected chi connectivity index (χ4v) is 2.37. The Morgan fingerprint density at radius 1 is 1.25 bits per heavy atom. The molecule has 0 radical (unpaired) electrons. The summed E-state index contributed by atoms with van der Waals surface area (Å²) in [6.45, 7) is 4.23. The molecular formula is C16H24FNO2. The number of amides is 1. The molecule has 0 aliphatic rings. The van der Waals surface area contributed by atoms with Crippen LogP contribution in [-0.4, -0.2) is 23.2 Å². The Bertz CT molecular complexity index is 428. The maximum Gasteiger partial charge on any atom is 0.224 e. The van der Waals surface area contributed by atoms with E-state index in [0.29, 0.717) is 18.4 Å². The molecule has 3 nitrogen and oxygen atoms in total. The lowest BCUT2D eigenvalue weighted by Crippen LogP contribution is -2.43. The normalized spacial score (nSPS) is 11.4. The first-order valence-corrected chi connectivity index (χ1v) is 7.23. The minimum absolute atomic E-state index is 0.000995. The molecule has 0 saturated heterocycles. The van der Waals surface area contributed by atoms with Gasteiger partial charge in [0.1, 0.15) is 5.82 Å². The molecule has 20 heavy (non-hydrogen) atoms. The number of rotatable bonds is 8. The Kier molecular flexibility index (Phi) is 6.65. The maximum absolute atomic E-state index is 13.4. The summed E-state index contributed by atoms with van der Waals surface area (Å²) in [5, 5.41) is 13.1. The molecule has 1 amide bonds. The summed E-state index contributed by atoms with van der Waals surface area (Å²) >= 11 is 0. The van der Waals surface area contributed by atoms with Gasteiger partial charge in [-0.2, -0.15) is 0 Å². The van der Waals surface area contributed by atoms with Crippen LogP contribution in [0.1, 0.15) is 45.1 Å². The lowest BCUT2D eigenvalue weighted by atomic mass is 9.92. The number of hydrogen-bond donors (Lipinski definition) is 2. The maximum atomic E-state index is 13.4. The average molecular weight is 281 g/mol. The van der Waals surface area contributed by atoms with Gasteiger partial charge in [-0.3, -0.25) is 4.79 Å². The molecule has 0 aromatic heterocycles. The predicted octanol–water partition coefficient (Wildman–Crippen LogP) is 2.82. The second kappa shape index (κ2) is 8.00. The van der Waals surface area contributed by atoms with Crippen molar-refractivity contribution in [2.75, 3.05) is 6.54 Å². The van der Waals surface area contributed by atoms with E-state index >= 15 is 0 Å². The highest BCUT2D eigenvalue weighted by Gasteiger charge is 2.25. The van der Waals surface area contributed by atoms with Crippen LogP contribution in [0.4, 0.5) is 4.39 Å². The molecule has 112 valence electrons. The lowest BCUT2D eigenvalue weighted by Gasteiger charge is -2.27. The van der Waals surface area contributed by atoms with Crippen molar-refractivity contribution in [3.8, 4) is 0 Å². The van der Waals surface area contributed by atoms with Gasteiger partial charge in [0.05, 0.1) is 12.0 Å². The van der Waals surface area contributed by atoms with Crippen LogP contribution in [0.25, 0.3) is 0 Å². The standard InChI is InChI=1S/C16H24FNO2/c1-3-9-16(20,10-4-2)12-18-15(19)11-13-7-5-6-8-14(13)17/h5-8,20H,3-4,9-12H2,1-2H3,(H,18,19).